The molecule has 19 heavy (non-hydrogen) atoms. The highest BCUT2D eigenvalue weighted by Gasteiger charge is 2.12. The van der Waals surface area contributed by atoms with Crippen LogP contribution in [-0.4, -0.2) is 5.91 Å². The van der Waals surface area contributed by atoms with E-state index in [0.29, 0.717) is 16.3 Å². The first kappa shape index (κ1) is 13.4. The summed E-state index contributed by atoms with van der Waals surface area (Å²) in [7, 11) is 0. The second-order valence-electron chi connectivity index (χ2n) is 4.34. The lowest BCUT2D eigenvalue weighted by Crippen LogP contribution is -2.26. The molecule has 0 radical (unpaired) electrons. The van der Waals surface area contributed by atoms with E-state index in [-0.39, 0.29) is 11.9 Å². The van der Waals surface area contributed by atoms with Gasteiger partial charge in [0.05, 0.1) is 16.8 Å². The van der Waals surface area contributed by atoms with Gasteiger partial charge in [-0.1, -0.05) is 41.9 Å². The predicted octanol–water partition coefficient (Wildman–Crippen LogP) is 3.41. The molecular formula is C15H15ClN2O. The first-order valence-electron chi connectivity index (χ1n) is 5.99. The molecule has 98 valence electrons. The molecule has 0 saturated carbocycles. The molecule has 2 aromatic rings. The van der Waals surface area contributed by atoms with E-state index < -0.39 is 0 Å². The fourth-order valence-corrected chi connectivity index (χ4v) is 1.95. The van der Waals surface area contributed by atoms with Crippen LogP contribution < -0.4 is 11.1 Å². The number of benzene rings is 2. The minimum absolute atomic E-state index is 0.0648. The summed E-state index contributed by atoms with van der Waals surface area (Å²) in [5, 5.41) is 3.31. The number of hydrogen-bond acceptors (Lipinski definition) is 2. The Morgan fingerprint density at radius 2 is 1.89 bits per heavy atom. The normalized spacial score (nSPS) is 11.9. The van der Waals surface area contributed by atoms with Gasteiger partial charge in [-0.05, 0) is 30.7 Å². The Morgan fingerprint density at radius 1 is 1.21 bits per heavy atom. The Labute approximate surface area is 117 Å². The standard InChI is InChI=1S/C15H15ClN2O/c1-10(11-5-3-2-4-6-11)18-15(19)12-7-8-14(17)13(16)9-12/h2-10H,17H2,1H3,(H,18,19)/t10-/m1/s1. The monoisotopic (exact) mass is 274 g/mol. The number of nitrogen functional groups attached to an aromatic ring is 1. The number of nitrogens with two attached hydrogens (primary N) is 1. The highest BCUT2D eigenvalue weighted by Crippen LogP contribution is 2.20. The molecule has 0 aromatic heterocycles. The number of halogens is 1. The summed E-state index contributed by atoms with van der Waals surface area (Å²) in [5.41, 5.74) is 7.64. The molecule has 0 aliphatic heterocycles. The number of carbonyl (C=O) groups is 1. The summed E-state index contributed by atoms with van der Waals surface area (Å²) in [6.45, 7) is 1.94. The molecule has 4 heteroatoms. The largest absolute Gasteiger partial charge is 0.398 e. The quantitative estimate of drug-likeness (QED) is 0.843. The SMILES string of the molecule is C[C@@H](NC(=O)c1ccc(N)c(Cl)c1)c1ccccc1. The molecule has 0 aliphatic rings. The van der Waals surface area contributed by atoms with E-state index in [9.17, 15) is 4.79 Å². The van der Waals surface area contributed by atoms with Crippen LogP contribution in [0.3, 0.4) is 0 Å². The highest BCUT2D eigenvalue weighted by molar-refractivity contribution is 6.33. The van der Waals surface area contributed by atoms with Gasteiger partial charge in [0.15, 0.2) is 0 Å². The second-order valence-corrected chi connectivity index (χ2v) is 4.75. The van der Waals surface area contributed by atoms with E-state index in [2.05, 4.69) is 5.32 Å². The summed E-state index contributed by atoms with van der Waals surface area (Å²) in [6.07, 6.45) is 0. The summed E-state index contributed by atoms with van der Waals surface area (Å²) in [5.74, 6) is -0.168. The Hall–Kier alpha value is -2.00. The number of carbonyl (C=O) groups excluding carboxylic acids is 1. The Morgan fingerprint density at radius 3 is 2.53 bits per heavy atom. The molecule has 1 atom stereocenters. The minimum atomic E-state index is -0.168. The maximum atomic E-state index is 12.1. The number of hydrogen-bond donors (Lipinski definition) is 2. The zero-order valence-corrected chi connectivity index (χ0v) is 11.3. The van der Waals surface area contributed by atoms with Gasteiger partial charge in [0.25, 0.3) is 5.91 Å². The van der Waals surface area contributed by atoms with Gasteiger partial charge in [-0.2, -0.15) is 0 Å². The van der Waals surface area contributed by atoms with Gasteiger partial charge < -0.3 is 11.1 Å². The van der Waals surface area contributed by atoms with Crippen molar-refractivity contribution in [2.24, 2.45) is 0 Å². The van der Waals surface area contributed by atoms with Gasteiger partial charge in [0.2, 0.25) is 0 Å². The van der Waals surface area contributed by atoms with Crippen LogP contribution in [0.1, 0.15) is 28.9 Å². The molecule has 3 N–H and O–H groups in total. The highest BCUT2D eigenvalue weighted by atomic mass is 35.5. The van der Waals surface area contributed by atoms with Crippen molar-refractivity contribution in [3.63, 3.8) is 0 Å². The van der Waals surface area contributed by atoms with E-state index in [1.807, 2.05) is 37.3 Å². The van der Waals surface area contributed by atoms with E-state index in [1.54, 1.807) is 18.2 Å². The topological polar surface area (TPSA) is 55.1 Å². The minimum Gasteiger partial charge on any atom is -0.398 e. The third-order valence-electron chi connectivity index (χ3n) is 2.91. The van der Waals surface area contributed by atoms with Crippen LogP contribution in [0.25, 0.3) is 0 Å². The lowest BCUT2D eigenvalue weighted by Gasteiger charge is -2.14. The maximum absolute atomic E-state index is 12.1. The zero-order chi connectivity index (χ0) is 13.8. The first-order chi connectivity index (χ1) is 9.08. The number of rotatable bonds is 3. The first-order valence-corrected chi connectivity index (χ1v) is 6.36. The van der Waals surface area contributed by atoms with E-state index >= 15 is 0 Å². The molecule has 0 saturated heterocycles. The van der Waals surface area contributed by atoms with Crippen molar-refractivity contribution in [2.45, 2.75) is 13.0 Å². The summed E-state index contributed by atoms with van der Waals surface area (Å²) >= 11 is 5.91. The molecule has 0 aliphatic carbocycles. The second kappa shape index (κ2) is 5.76. The van der Waals surface area contributed by atoms with Crippen molar-refractivity contribution in [3.8, 4) is 0 Å². The molecule has 0 heterocycles. The molecule has 0 unspecified atom stereocenters. The van der Waals surface area contributed by atoms with Gasteiger partial charge in [0.1, 0.15) is 0 Å². The van der Waals surface area contributed by atoms with Crippen LogP contribution in [0.15, 0.2) is 48.5 Å². The van der Waals surface area contributed by atoms with Crippen LogP contribution in [0.2, 0.25) is 5.02 Å². The van der Waals surface area contributed by atoms with Crippen molar-refractivity contribution in [1.82, 2.24) is 5.32 Å². The molecule has 0 fully saturated rings. The van der Waals surface area contributed by atoms with Crippen LogP contribution in [0.5, 0.6) is 0 Å². The average molecular weight is 275 g/mol. The van der Waals surface area contributed by atoms with Crippen molar-refractivity contribution in [1.29, 1.82) is 0 Å². The number of amides is 1. The molecule has 0 spiro atoms. The van der Waals surface area contributed by atoms with Crippen LogP contribution in [-0.2, 0) is 0 Å². The van der Waals surface area contributed by atoms with E-state index in [1.165, 1.54) is 0 Å². The summed E-state index contributed by atoms with van der Waals surface area (Å²) in [6, 6.07) is 14.6. The number of nitrogens with one attached hydrogen (secondary N) is 1. The van der Waals surface area contributed by atoms with Crippen molar-refractivity contribution in [3.05, 3.63) is 64.7 Å². The molecule has 2 aromatic carbocycles. The van der Waals surface area contributed by atoms with Gasteiger partial charge in [0, 0.05) is 5.56 Å². The zero-order valence-electron chi connectivity index (χ0n) is 10.6. The predicted molar refractivity (Wildman–Crippen MR) is 78.2 cm³/mol. The van der Waals surface area contributed by atoms with Crippen LogP contribution >= 0.6 is 11.6 Å². The summed E-state index contributed by atoms with van der Waals surface area (Å²) < 4.78 is 0. The van der Waals surface area contributed by atoms with E-state index in [4.69, 9.17) is 17.3 Å². The molecular weight excluding hydrogens is 260 g/mol. The van der Waals surface area contributed by atoms with Gasteiger partial charge >= 0.3 is 0 Å². The Kier molecular flexibility index (Phi) is 4.07. The van der Waals surface area contributed by atoms with Crippen LogP contribution in [0, 0.1) is 0 Å². The smallest absolute Gasteiger partial charge is 0.251 e. The fourth-order valence-electron chi connectivity index (χ4n) is 1.77. The molecule has 3 nitrogen and oxygen atoms in total. The Bertz CT molecular complexity index is 584. The lowest BCUT2D eigenvalue weighted by atomic mass is 10.1. The number of anilines is 1. The summed E-state index contributed by atoms with van der Waals surface area (Å²) in [4.78, 5) is 12.1. The van der Waals surface area contributed by atoms with Crippen molar-refractivity contribution in [2.75, 3.05) is 5.73 Å². The van der Waals surface area contributed by atoms with Crippen LogP contribution in [0.4, 0.5) is 5.69 Å². The maximum Gasteiger partial charge on any atom is 0.251 e. The van der Waals surface area contributed by atoms with Gasteiger partial charge in [-0.15, -0.1) is 0 Å². The lowest BCUT2D eigenvalue weighted by molar-refractivity contribution is 0.0940. The third-order valence-corrected chi connectivity index (χ3v) is 3.24. The molecule has 0 bridgehead atoms. The molecule has 2 rings (SSSR count). The Balaban J connectivity index is 2.11. The van der Waals surface area contributed by atoms with Crippen molar-refractivity contribution < 1.29 is 4.79 Å². The third kappa shape index (κ3) is 3.26. The fraction of sp³-hybridized carbons (Fsp3) is 0.133. The molecule has 1 amide bonds. The van der Waals surface area contributed by atoms with E-state index in [0.717, 1.165) is 5.56 Å². The van der Waals surface area contributed by atoms with Gasteiger partial charge in [-0.25, -0.2) is 0 Å². The van der Waals surface area contributed by atoms with Crippen molar-refractivity contribution >= 4 is 23.2 Å². The average Bonchev–Trinajstić information content (AvgIpc) is 2.42. The van der Waals surface area contributed by atoms with Gasteiger partial charge in [-0.3, -0.25) is 4.79 Å².